The first kappa shape index (κ1) is 14.4. The number of halogens is 3. The zero-order chi connectivity index (χ0) is 11.3. The highest BCUT2D eigenvalue weighted by Gasteiger charge is 2.03. The molecule has 0 aliphatic rings. The van der Waals surface area contributed by atoms with Crippen LogP contribution in [0.3, 0.4) is 0 Å². The molecule has 0 saturated heterocycles. The number of rotatable bonds is 4. The van der Waals surface area contributed by atoms with Crippen molar-refractivity contribution in [3.63, 3.8) is 0 Å². The van der Waals surface area contributed by atoms with Crippen molar-refractivity contribution >= 4 is 24.0 Å². The minimum atomic E-state index is -2.83. The Labute approximate surface area is 97.4 Å². The summed E-state index contributed by atoms with van der Waals surface area (Å²) in [4.78, 5) is 10.5. The van der Waals surface area contributed by atoms with E-state index in [-0.39, 0.29) is 24.1 Å². The van der Waals surface area contributed by atoms with Crippen LogP contribution in [0.2, 0.25) is 0 Å². The molecule has 0 spiro atoms. The fraction of sp³-hybridized carbons (Fsp3) is 0.222. The lowest BCUT2D eigenvalue weighted by Gasteiger charge is -2.07. The van der Waals surface area contributed by atoms with Crippen LogP contribution in [0.1, 0.15) is 6.92 Å². The Bertz CT molecular complexity index is 333. The zero-order valence-corrected chi connectivity index (χ0v) is 9.18. The van der Waals surface area contributed by atoms with Gasteiger partial charge in [-0.05, 0) is 24.3 Å². The molecule has 16 heavy (non-hydrogen) atoms. The van der Waals surface area contributed by atoms with Crippen LogP contribution in [0.5, 0.6) is 5.75 Å². The molecule has 0 unspecified atom stereocenters. The number of carbonyl (C=O) groups is 1. The molecule has 1 aromatic carbocycles. The predicted molar refractivity (Wildman–Crippen MR) is 57.8 cm³/mol. The van der Waals surface area contributed by atoms with Crippen molar-refractivity contribution in [1.82, 2.24) is 5.43 Å². The summed E-state index contributed by atoms with van der Waals surface area (Å²) < 4.78 is 27.7. The second kappa shape index (κ2) is 6.84. The third kappa shape index (κ3) is 5.35. The predicted octanol–water partition coefficient (Wildman–Crippen LogP) is 2.17. The number of hydrazine groups is 1. The monoisotopic (exact) mass is 252 g/mol. The van der Waals surface area contributed by atoms with Crippen molar-refractivity contribution in [3.05, 3.63) is 24.3 Å². The molecule has 0 saturated carbocycles. The van der Waals surface area contributed by atoms with E-state index in [9.17, 15) is 13.6 Å². The van der Waals surface area contributed by atoms with Gasteiger partial charge in [-0.25, -0.2) is 0 Å². The number of benzene rings is 1. The molecule has 0 bridgehead atoms. The molecule has 0 aliphatic carbocycles. The van der Waals surface area contributed by atoms with Crippen molar-refractivity contribution in [2.75, 3.05) is 5.43 Å². The van der Waals surface area contributed by atoms with Gasteiger partial charge in [0.15, 0.2) is 0 Å². The number of hydrogen-bond donors (Lipinski definition) is 2. The quantitative estimate of drug-likeness (QED) is 0.808. The molecule has 0 radical (unpaired) electrons. The van der Waals surface area contributed by atoms with Gasteiger partial charge in [0, 0.05) is 6.92 Å². The van der Waals surface area contributed by atoms with Crippen LogP contribution < -0.4 is 15.6 Å². The molecule has 1 amide bonds. The molecule has 0 atom stereocenters. The third-order valence-corrected chi connectivity index (χ3v) is 1.46. The summed E-state index contributed by atoms with van der Waals surface area (Å²) >= 11 is 0. The van der Waals surface area contributed by atoms with Gasteiger partial charge >= 0.3 is 6.61 Å². The van der Waals surface area contributed by atoms with E-state index in [4.69, 9.17) is 0 Å². The van der Waals surface area contributed by atoms with Crippen LogP contribution in [0.25, 0.3) is 0 Å². The molecule has 0 aliphatic heterocycles. The fourth-order valence-electron chi connectivity index (χ4n) is 0.880. The lowest BCUT2D eigenvalue weighted by molar-refractivity contribution is -0.118. The van der Waals surface area contributed by atoms with Gasteiger partial charge in [0.2, 0.25) is 5.91 Å². The van der Waals surface area contributed by atoms with Gasteiger partial charge in [-0.1, -0.05) is 0 Å². The molecule has 7 heteroatoms. The van der Waals surface area contributed by atoms with Gasteiger partial charge in [0.05, 0.1) is 5.69 Å². The van der Waals surface area contributed by atoms with Gasteiger partial charge in [-0.15, -0.1) is 12.4 Å². The molecule has 4 nitrogen and oxygen atoms in total. The summed E-state index contributed by atoms with van der Waals surface area (Å²) in [6.45, 7) is -1.49. The molecular formula is C9H11ClF2N2O2. The highest BCUT2D eigenvalue weighted by atomic mass is 35.5. The van der Waals surface area contributed by atoms with E-state index in [2.05, 4.69) is 15.6 Å². The Hall–Kier alpha value is -1.56. The second-order valence-corrected chi connectivity index (χ2v) is 2.71. The number of ether oxygens (including phenoxy) is 1. The van der Waals surface area contributed by atoms with Gasteiger partial charge in [0.1, 0.15) is 5.75 Å². The maximum Gasteiger partial charge on any atom is 0.387 e. The van der Waals surface area contributed by atoms with E-state index in [1.807, 2.05) is 0 Å². The number of hydrogen-bond acceptors (Lipinski definition) is 3. The van der Waals surface area contributed by atoms with Gasteiger partial charge in [-0.3, -0.25) is 15.6 Å². The van der Waals surface area contributed by atoms with Crippen LogP contribution in [-0.4, -0.2) is 12.5 Å². The Morgan fingerprint density at radius 1 is 1.31 bits per heavy atom. The average molecular weight is 253 g/mol. The Morgan fingerprint density at radius 2 is 1.88 bits per heavy atom. The van der Waals surface area contributed by atoms with Crippen LogP contribution >= 0.6 is 12.4 Å². The lowest BCUT2D eigenvalue weighted by atomic mass is 10.3. The Morgan fingerprint density at radius 3 is 2.31 bits per heavy atom. The normalized spacial score (nSPS) is 9.25. The van der Waals surface area contributed by atoms with E-state index < -0.39 is 6.61 Å². The highest BCUT2D eigenvalue weighted by molar-refractivity contribution is 5.85. The lowest BCUT2D eigenvalue weighted by Crippen LogP contribution is -2.26. The molecule has 1 rings (SSSR count). The fourth-order valence-corrected chi connectivity index (χ4v) is 0.880. The summed E-state index contributed by atoms with van der Waals surface area (Å²) in [7, 11) is 0. The molecule has 0 heterocycles. The van der Waals surface area contributed by atoms with Gasteiger partial charge in [-0.2, -0.15) is 8.78 Å². The van der Waals surface area contributed by atoms with Crippen LogP contribution in [0, 0.1) is 0 Å². The summed E-state index contributed by atoms with van der Waals surface area (Å²) in [6.07, 6.45) is 0. The molecule has 0 fully saturated rings. The first-order chi connectivity index (χ1) is 7.08. The standard InChI is InChI=1S/C9H10F2N2O2.ClH/c1-6(14)12-13-7-2-4-8(5-3-7)15-9(10)11;/h2-5,9,13H,1H3,(H,12,14);1H. The van der Waals surface area contributed by atoms with Crippen molar-refractivity contribution < 1.29 is 18.3 Å². The van der Waals surface area contributed by atoms with E-state index in [1.54, 1.807) is 0 Å². The molecule has 2 N–H and O–H groups in total. The van der Waals surface area contributed by atoms with Crippen LogP contribution in [-0.2, 0) is 4.79 Å². The molecular weight excluding hydrogens is 242 g/mol. The SMILES string of the molecule is CC(=O)NNc1ccc(OC(F)F)cc1.Cl. The Kier molecular flexibility index (Phi) is 6.17. The Balaban J connectivity index is 0.00000225. The number of nitrogens with one attached hydrogen (secondary N) is 2. The summed E-state index contributed by atoms with van der Waals surface area (Å²) in [5, 5.41) is 0. The zero-order valence-electron chi connectivity index (χ0n) is 8.37. The second-order valence-electron chi connectivity index (χ2n) is 2.71. The van der Waals surface area contributed by atoms with Crippen LogP contribution in [0.4, 0.5) is 14.5 Å². The van der Waals surface area contributed by atoms with E-state index in [1.165, 1.54) is 31.2 Å². The van der Waals surface area contributed by atoms with Crippen molar-refractivity contribution in [2.24, 2.45) is 0 Å². The smallest absolute Gasteiger partial charge is 0.387 e. The van der Waals surface area contributed by atoms with Crippen molar-refractivity contribution in [2.45, 2.75) is 13.5 Å². The summed E-state index contributed by atoms with van der Waals surface area (Å²) in [5.41, 5.74) is 5.50. The molecule has 1 aromatic rings. The van der Waals surface area contributed by atoms with E-state index in [0.717, 1.165) is 0 Å². The van der Waals surface area contributed by atoms with E-state index >= 15 is 0 Å². The van der Waals surface area contributed by atoms with Crippen molar-refractivity contribution in [3.8, 4) is 5.75 Å². The maximum atomic E-state index is 11.8. The van der Waals surface area contributed by atoms with E-state index in [0.29, 0.717) is 5.69 Å². The molecule has 0 aromatic heterocycles. The number of alkyl halides is 2. The number of amides is 1. The van der Waals surface area contributed by atoms with Gasteiger partial charge < -0.3 is 4.74 Å². The number of carbonyl (C=O) groups excluding carboxylic acids is 1. The minimum absolute atomic E-state index is 0. The van der Waals surface area contributed by atoms with Crippen molar-refractivity contribution in [1.29, 1.82) is 0 Å². The summed E-state index contributed by atoms with van der Waals surface area (Å²) in [6, 6.07) is 5.76. The largest absolute Gasteiger partial charge is 0.435 e. The molecule has 90 valence electrons. The highest BCUT2D eigenvalue weighted by Crippen LogP contribution is 2.16. The third-order valence-electron chi connectivity index (χ3n) is 1.46. The average Bonchev–Trinajstić information content (AvgIpc) is 2.16. The first-order valence-corrected chi connectivity index (χ1v) is 4.15. The topological polar surface area (TPSA) is 50.4 Å². The first-order valence-electron chi connectivity index (χ1n) is 4.15. The minimum Gasteiger partial charge on any atom is -0.435 e. The number of anilines is 1. The van der Waals surface area contributed by atoms with Gasteiger partial charge in [0.25, 0.3) is 0 Å². The maximum absolute atomic E-state index is 11.8. The van der Waals surface area contributed by atoms with Crippen LogP contribution in [0.15, 0.2) is 24.3 Å². The summed E-state index contributed by atoms with van der Waals surface area (Å²) in [5.74, 6) is -0.179.